The molecule has 0 aliphatic heterocycles. The van der Waals surface area contributed by atoms with E-state index in [0.717, 1.165) is 17.4 Å². The lowest BCUT2D eigenvalue weighted by molar-refractivity contribution is 0.653. The number of aromatic nitrogens is 4. The molecule has 108 valence electrons. The Morgan fingerprint density at radius 1 is 1.25 bits per heavy atom. The van der Waals surface area contributed by atoms with Gasteiger partial charge in [-0.05, 0) is 26.7 Å². The third-order valence-electron chi connectivity index (χ3n) is 3.37. The van der Waals surface area contributed by atoms with Crippen molar-refractivity contribution in [1.82, 2.24) is 18.7 Å². The second-order valence-electron chi connectivity index (χ2n) is 5.24. The first-order chi connectivity index (χ1) is 9.43. The van der Waals surface area contributed by atoms with Gasteiger partial charge in [-0.3, -0.25) is 13.9 Å². The van der Waals surface area contributed by atoms with Crippen molar-refractivity contribution in [1.29, 1.82) is 0 Å². The highest BCUT2D eigenvalue weighted by Crippen LogP contribution is 2.07. The van der Waals surface area contributed by atoms with Gasteiger partial charge in [-0.1, -0.05) is 11.6 Å². The lowest BCUT2D eigenvalue weighted by Crippen LogP contribution is -2.37. The number of rotatable bonds is 4. The molecule has 0 unspecified atom stereocenters. The van der Waals surface area contributed by atoms with Crippen molar-refractivity contribution in [3.8, 4) is 0 Å². The highest BCUT2D eigenvalue weighted by Gasteiger charge is 2.13. The number of hydrogen-bond donors (Lipinski definition) is 0. The van der Waals surface area contributed by atoms with Crippen molar-refractivity contribution in [3.05, 3.63) is 38.8 Å². The quantitative estimate of drug-likeness (QED) is 0.622. The van der Waals surface area contributed by atoms with Gasteiger partial charge in [0.05, 0.1) is 6.33 Å². The molecule has 0 saturated carbocycles. The molecule has 0 saturated heterocycles. The number of imidazole rings is 1. The van der Waals surface area contributed by atoms with Crippen LogP contribution in [0.5, 0.6) is 0 Å². The lowest BCUT2D eigenvalue weighted by atomic mass is 10.2. The molecule has 6 heteroatoms. The molecule has 2 aromatic heterocycles. The van der Waals surface area contributed by atoms with Gasteiger partial charge in [-0.15, -0.1) is 0 Å². The molecule has 0 radical (unpaired) electrons. The van der Waals surface area contributed by atoms with Gasteiger partial charge in [0.2, 0.25) is 0 Å². The van der Waals surface area contributed by atoms with Crippen molar-refractivity contribution in [2.45, 2.75) is 33.2 Å². The van der Waals surface area contributed by atoms with E-state index < -0.39 is 0 Å². The van der Waals surface area contributed by atoms with Crippen molar-refractivity contribution in [3.63, 3.8) is 0 Å². The zero-order chi connectivity index (χ0) is 14.9. The van der Waals surface area contributed by atoms with E-state index in [-0.39, 0.29) is 11.2 Å². The van der Waals surface area contributed by atoms with E-state index in [2.05, 4.69) is 24.9 Å². The summed E-state index contributed by atoms with van der Waals surface area (Å²) in [4.78, 5) is 28.2. The molecule has 2 heterocycles. The Hall–Kier alpha value is -2.11. The van der Waals surface area contributed by atoms with Gasteiger partial charge in [0.25, 0.3) is 5.56 Å². The van der Waals surface area contributed by atoms with Crippen LogP contribution in [0, 0.1) is 0 Å². The molecule has 0 aliphatic carbocycles. The van der Waals surface area contributed by atoms with Crippen LogP contribution in [0.4, 0.5) is 0 Å². The molecule has 0 N–H and O–H groups in total. The summed E-state index contributed by atoms with van der Waals surface area (Å²) in [5.74, 6) is 0. The van der Waals surface area contributed by atoms with Gasteiger partial charge in [0, 0.05) is 20.6 Å². The molecule has 0 aromatic carbocycles. The summed E-state index contributed by atoms with van der Waals surface area (Å²) < 4.78 is 4.36. The number of nitrogens with zero attached hydrogens (tertiary/aromatic N) is 4. The largest absolute Gasteiger partial charge is 0.332 e. The van der Waals surface area contributed by atoms with E-state index >= 15 is 0 Å². The second kappa shape index (κ2) is 5.48. The fraction of sp³-hybridized carbons (Fsp3) is 0.500. The zero-order valence-electron chi connectivity index (χ0n) is 12.4. The predicted octanol–water partition coefficient (Wildman–Crippen LogP) is 1.18. The maximum atomic E-state index is 12.2. The fourth-order valence-corrected chi connectivity index (χ4v) is 2.22. The van der Waals surface area contributed by atoms with Gasteiger partial charge < -0.3 is 4.57 Å². The second-order valence-corrected chi connectivity index (χ2v) is 5.24. The van der Waals surface area contributed by atoms with Crippen molar-refractivity contribution in [2.75, 3.05) is 0 Å². The minimum absolute atomic E-state index is 0.289. The van der Waals surface area contributed by atoms with Gasteiger partial charge in [0.15, 0.2) is 11.2 Å². The smallest absolute Gasteiger partial charge is 0.325 e. The normalized spacial score (nSPS) is 11.0. The standard InChI is InChI=1S/C14H20N4O2/c1-10(2)7-5-6-8-18-9-15-12-11(18)13(19)17(4)14(20)16(12)3/h7,9H,5-6,8H2,1-4H3. The first-order valence-electron chi connectivity index (χ1n) is 6.67. The Labute approximate surface area is 117 Å². The first-order valence-corrected chi connectivity index (χ1v) is 6.67. The maximum absolute atomic E-state index is 12.2. The van der Waals surface area contributed by atoms with Crippen LogP contribution in [-0.2, 0) is 20.6 Å². The highest BCUT2D eigenvalue weighted by molar-refractivity contribution is 5.69. The van der Waals surface area contributed by atoms with Gasteiger partial charge in [-0.25, -0.2) is 9.78 Å². The Kier molecular flexibility index (Phi) is 3.92. The van der Waals surface area contributed by atoms with Crippen molar-refractivity contribution >= 4 is 11.2 Å². The summed E-state index contributed by atoms with van der Waals surface area (Å²) in [6.07, 6.45) is 5.71. The number of allylic oxidation sites excluding steroid dienone is 2. The minimum Gasteiger partial charge on any atom is -0.325 e. The van der Waals surface area contributed by atoms with Gasteiger partial charge in [0.1, 0.15) is 0 Å². The average molecular weight is 276 g/mol. The molecule has 0 amide bonds. The lowest BCUT2D eigenvalue weighted by Gasteiger charge is -2.06. The van der Waals surface area contributed by atoms with Crippen LogP contribution in [-0.4, -0.2) is 18.7 Å². The summed E-state index contributed by atoms with van der Waals surface area (Å²) in [6.45, 7) is 4.85. The van der Waals surface area contributed by atoms with Crippen molar-refractivity contribution < 1.29 is 0 Å². The zero-order valence-corrected chi connectivity index (χ0v) is 12.4. The van der Waals surface area contributed by atoms with E-state index in [1.165, 1.54) is 17.2 Å². The maximum Gasteiger partial charge on any atom is 0.332 e. The minimum atomic E-state index is -0.350. The topological polar surface area (TPSA) is 61.8 Å². The highest BCUT2D eigenvalue weighted by atomic mass is 16.2. The van der Waals surface area contributed by atoms with Crippen LogP contribution in [0.1, 0.15) is 26.7 Å². The molecular formula is C14H20N4O2. The molecule has 20 heavy (non-hydrogen) atoms. The SMILES string of the molecule is CC(C)=CCCCn1cnc2c1c(=O)n(C)c(=O)n2C. The van der Waals surface area contributed by atoms with Crippen LogP contribution < -0.4 is 11.2 Å². The van der Waals surface area contributed by atoms with E-state index in [1.807, 2.05) is 4.57 Å². The monoisotopic (exact) mass is 276 g/mol. The third-order valence-corrected chi connectivity index (χ3v) is 3.37. The Morgan fingerprint density at radius 2 is 1.95 bits per heavy atom. The predicted molar refractivity (Wildman–Crippen MR) is 78.9 cm³/mol. The van der Waals surface area contributed by atoms with E-state index in [1.54, 1.807) is 13.4 Å². The molecule has 0 bridgehead atoms. The summed E-state index contributed by atoms with van der Waals surface area (Å²) in [6, 6.07) is 0. The first kappa shape index (κ1) is 14.3. The molecule has 6 nitrogen and oxygen atoms in total. The van der Waals surface area contributed by atoms with Gasteiger partial charge in [-0.2, -0.15) is 0 Å². The molecular weight excluding hydrogens is 256 g/mol. The third kappa shape index (κ3) is 2.45. The molecule has 2 rings (SSSR count). The average Bonchev–Trinajstić information content (AvgIpc) is 2.82. The Balaban J connectivity index is 2.40. The summed E-state index contributed by atoms with van der Waals surface area (Å²) in [5, 5.41) is 0. The molecule has 2 aromatic rings. The fourth-order valence-electron chi connectivity index (χ4n) is 2.22. The van der Waals surface area contributed by atoms with Crippen LogP contribution in [0.25, 0.3) is 11.2 Å². The van der Waals surface area contributed by atoms with E-state index in [9.17, 15) is 9.59 Å². The van der Waals surface area contributed by atoms with E-state index in [4.69, 9.17) is 0 Å². The number of unbranched alkanes of at least 4 members (excludes halogenated alkanes) is 1. The Morgan fingerprint density at radius 3 is 2.60 bits per heavy atom. The number of hydrogen-bond acceptors (Lipinski definition) is 3. The summed E-state index contributed by atoms with van der Waals surface area (Å²) >= 11 is 0. The number of fused-ring (bicyclic) bond motifs is 1. The van der Waals surface area contributed by atoms with Crippen LogP contribution in [0.3, 0.4) is 0 Å². The molecule has 0 atom stereocenters. The molecule has 0 aliphatic rings. The summed E-state index contributed by atoms with van der Waals surface area (Å²) in [5.41, 5.74) is 1.59. The Bertz CT molecular complexity index is 773. The summed E-state index contributed by atoms with van der Waals surface area (Å²) in [7, 11) is 3.12. The van der Waals surface area contributed by atoms with Crippen LogP contribution in [0.2, 0.25) is 0 Å². The molecule has 0 fully saturated rings. The van der Waals surface area contributed by atoms with Crippen LogP contribution in [0.15, 0.2) is 27.6 Å². The van der Waals surface area contributed by atoms with Gasteiger partial charge >= 0.3 is 5.69 Å². The van der Waals surface area contributed by atoms with Crippen LogP contribution >= 0.6 is 0 Å². The molecule has 0 spiro atoms. The van der Waals surface area contributed by atoms with Crippen molar-refractivity contribution in [2.24, 2.45) is 14.1 Å². The number of aryl methyl sites for hydroxylation is 2. The van der Waals surface area contributed by atoms with E-state index in [0.29, 0.717) is 17.7 Å².